The zero-order valence-corrected chi connectivity index (χ0v) is 10.1. The number of hydrogen-bond acceptors (Lipinski definition) is 2. The van der Waals surface area contributed by atoms with Crippen LogP contribution in [0.4, 0.5) is 4.39 Å². The maximum absolute atomic E-state index is 13.1. The minimum atomic E-state index is -0.418. The van der Waals surface area contributed by atoms with Crippen LogP contribution in [-0.4, -0.2) is 29.9 Å². The number of halogens is 2. The van der Waals surface area contributed by atoms with Gasteiger partial charge in [-0.2, -0.15) is 0 Å². The van der Waals surface area contributed by atoms with Gasteiger partial charge in [-0.05, 0) is 30.2 Å². The van der Waals surface area contributed by atoms with Crippen molar-refractivity contribution in [1.82, 2.24) is 4.90 Å². The summed E-state index contributed by atoms with van der Waals surface area (Å²) < 4.78 is 13.1. The predicted octanol–water partition coefficient (Wildman–Crippen LogP) is 1.58. The first-order chi connectivity index (χ1) is 8.04. The first-order valence-corrected chi connectivity index (χ1v) is 5.91. The Morgan fingerprint density at radius 1 is 1.53 bits per heavy atom. The average Bonchev–Trinajstić information content (AvgIpc) is 2.63. The molecule has 1 aromatic carbocycles. The number of benzene rings is 1. The minimum Gasteiger partial charge on any atom is -0.341 e. The van der Waals surface area contributed by atoms with E-state index in [1.54, 1.807) is 11.0 Å². The van der Waals surface area contributed by atoms with Crippen molar-refractivity contribution in [1.29, 1.82) is 0 Å². The number of nitrogens with two attached hydrogens (primary N) is 1. The molecule has 1 saturated heterocycles. The van der Waals surface area contributed by atoms with Crippen molar-refractivity contribution in [3.05, 3.63) is 34.6 Å². The topological polar surface area (TPSA) is 46.3 Å². The highest BCUT2D eigenvalue weighted by Crippen LogP contribution is 2.16. The van der Waals surface area contributed by atoms with Crippen LogP contribution in [0.3, 0.4) is 0 Å². The van der Waals surface area contributed by atoms with E-state index in [1.165, 1.54) is 12.1 Å². The molecule has 1 heterocycles. The van der Waals surface area contributed by atoms with Crippen LogP contribution in [0, 0.1) is 5.82 Å². The Bertz CT molecular complexity index is 418. The highest BCUT2D eigenvalue weighted by molar-refractivity contribution is 6.30. The summed E-state index contributed by atoms with van der Waals surface area (Å²) >= 11 is 5.73. The van der Waals surface area contributed by atoms with E-state index >= 15 is 0 Å². The summed E-state index contributed by atoms with van der Waals surface area (Å²) in [5, 5.41) is 0.311. The van der Waals surface area contributed by atoms with Crippen molar-refractivity contribution in [2.45, 2.75) is 18.9 Å². The Morgan fingerprint density at radius 2 is 2.29 bits per heavy atom. The highest BCUT2D eigenvalue weighted by atomic mass is 35.5. The van der Waals surface area contributed by atoms with Crippen LogP contribution in [0.2, 0.25) is 5.02 Å². The first kappa shape index (κ1) is 12.3. The molecule has 1 aliphatic heterocycles. The zero-order valence-electron chi connectivity index (χ0n) is 9.33. The standard InChI is InChI=1S/C12H14ClFN2O/c13-9-3-8(4-10(14)6-9)5-12(17)16-2-1-11(15)7-16/h3-4,6,11H,1-2,5,7,15H2/t11-/m1/s1. The van der Waals surface area contributed by atoms with Crippen LogP contribution in [0.5, 0.6) is 0 Å². The van der Waals surface area contributed by atoms with Gasteiger partial charge < -0.3 is 10.6 Å². The van der Waals surface area contributed by atoms with Gasteiger partial charge in [0.25, 0.3) is 0 Å². The molecule has 0 radical (unpaired) electrons. The lowest BCUT2D eigenvalue weighted by Crippen LogP contribution is -2.32. The summed E-state index contributed by atoms with van der Waals surface area (Å²) in [6, 6.07) is 4.23. The third-order valence-corrected chi connectivity index (χ3v) is 3.07. The fraction of sp³-hybridized carbons (Fsp3) is 0.417. The van der Waals surface area contributed by atoms with Crippen LogP contribution in [0.25, 0.3) is 0 Å². The quantitative estimate of drug-likeness (QED) is 0.873. The molecule has 1 fully saturated rings. The van der Waals surface area contributed by atoms with E-state index in [0.717, 1.165) is 6.42 Å². The molecule has 2 rings (SSSR count). The molecule has 1 atom stereocenters. The van der Waals surface area contributed by atoms with E-state index in [9.17, 15) is 9.18 Å². The lowest BCUT2D eigenvalue weighted by atomic mass is 10.1. The van der Waals surface area contributed by atoms with Crippen molar-refractivity contribution >= 4 is 17.5 Å². The largest absolute Gasteiger partial charge is 0.341 e. The third kappa shape index (κ3) is 3.17. The van der Waals surface area contributed by atoms with Gasteiger partial charge in [0.15, 0.2) is 0 Å². The normalized spacial score (nSPS) is 19.7. The van der Waals surface area contributed by atoms with E-state index in [1.807, 2.05) is 0 Å². The molecule has 1 aromatic rings. The van der Waals surface area contributed by atoms with Crippen molar-refractivity contribution in [2.75, 3.05) is 13.1 Å². The first-order valence-electron chi connectivity index (χ1n) is 5.53. The van der Waals surface area contributed by atoms with Crippen LogP contribution in [0.1, 0.15) is 12.0 Å². The molecule has 0 bridgehead atoms. The fourth-order valence-corrected chi connectivity index (χ4v) is 2.26. The molecule has 1 aliphatic rings. The van der Waals surface area contributed by atoms with Gasteiger partial charge in [0.1, 0.15) is 5.82 Å². The maximum atomic E-state index is 13.1. The predicted molar refractivity (Wildman–Crippen MR) is 64.3 cm³/mol. The molecule has 0 aliphatic carbocycles. The van der Waals surface area contributed by atoms with E-state index in [-0.39, 0.29) is 18.4 Å². The number of carbonyl (C=O) groups excluding carboxylic acids is 1. The third-order valence-electron chi connectivity index (χ3n) is 2.86. The second kappa shape index (κ2) is 5.02. The van der Waals surface area contributed by atoms with Gasteiger partial charge in [-0.15, -0.1) is 0 Å². The highest BCUT2D eigenvalue weighted by Gasteiger charge is 2.23. The van der Waals surface area contributed by atoms with Gasteiger partial charge in [0.2, 0.25) is 5.91 Å². The van der Waals surface area contributed by atoms with Crippen molar-refractivity contribution in [3.63, 3.8) is 0 Å². The van der Waals surface area contributed by atoms with Crippen molar-refractivity contribution < 1.29 is 9.18 Å². The molecule has 5 heteroatoms. The molecule has 0 spiro atoms. The van der Waals surface area contributed by atoms with Gasteiger partial charge >= 0.3 is 0 Å². The molecule has 2 N–H and O–H groups in total. The average molecular weight is 257 g/mol. The van der Waals surface area contributed by atoms with Crippen molar-refractivity contribution in [3.8, 4) is 0 Å². The number of rotatable bonds is 2. The number of hydrogen-bond donors (Lipinski definition) is 1. The molecule has 3 nitrogen and oxygen atoms in total. The van der Waals surface area contributed by atoms with Gasteiger partial charge in [-0.1, -0.05) is 11.6 Å². The SMILES string of the molecule is N[C@@H]1CCN(C(=O)Cc2cc(F)cc(Cl)c2)C1. The van der Waals surface area contributed by atoms with Crippen LogP contribution in [-0.2, 0) is 11.2 Å². The summed E-state index contributed by atoms with van der Waals surface area (Å²) in [4.78, 5) is 13.6. The summed E-state index contributed by atoms with van der Waals surface area (Å²) in [7, 11) is 0. The minimum absolute atomic E-state index is 0.0281. The summed E-state index contributed by atoms with van der Waals surface area (Å²) in [6.45, 7) is 1.27. The number of likely N-dealkylation sites (tertiary alicyclic amines) is 1. The maximum Gasteiger partial charge on any atom is 0.227 e. The van der Waals surface area contributed by atoms with Crippen LogP contribution in [0.15, 0.2) is 18.2 Å². The fourth-order valence-electron chi connectivity index (χ4n) is 2.01. The Balaban J connectivity index is 2.03. The molecule has 17 heavy (non-hydrogen) atoms. The molecule has 0 aromatic heterocycles. The molecule has 0 saturated carbocycles. The monoisotopic (exact) mass is 256 g/mol. The van der Waals surface area contributed by atoms with Gasteiger partial charge in [-0.25, -0.2) is 4.39 Å². The van der Waals surface area contributed by atoms with Crippen LogP contribution >= 0.6 is 11.6 Å². The summed E-state index contributed by atoms with van der Waals surface area (Å²) in [6.07, 6.45) is 1.000. The van der Waals surface area contributed by atoms with Gasteiger partial charge in [0.05, 0.1) is 6.42 Å². The van der Waals surface area contributed by atoms with E-state index in [4.69, 9.17) is 17.3 Å². The summed E-state index contributed by atoms with van der Waals surface area (Å²) in [5.74, 6) is -0.446. The smallest absolute Gasteiger partial charge is 0.227 e. The van der Waals surface area contributed by atoms with Crippen molar-refractivity contribution in [2.24, 2.45) is 5.73 Å². The molecular weight excluding hydrogens is 243 g/mol. The van der Waals surface area contributed by atoms with Gasteiger partial charge in [0, 0.05) is 24.2 Å². The van der Waals surface area contributed by atoms with Gasteiger partial charge in [-0.3, -0.25) is 4.79 Å². The molecule has 92 valence electrons. The lowest BCUT2D eigenvalue weighted by Gasteiger charge is -2.15. The Morgan fingerprint density at radius 3 is 2.88 bits per heavy atom. The second-order valence-corrected chi connectivity index (χ2v) is 4.78. The van der Waals surface area contributed by atoms with E-state index < -0.39 is 5.82 Å². The Labute approximate surface area is 104 Å². The zero-order chi connectivity index (χ0) is 12.4. The van der Waals surface area contributed by atoms with Crippen LogP contribution < -0.4 is 5.73 Å². The summed E-state index contributed by atoms with van der Waals surface area (Å²) in [5.41, 5.74) is 6.33. The second-order valence-electron chi connectivity index (χ2n) is 4.34. The number of carbonyl (C=O) groups is 1. The molecular formula is C12H14ClFN2O. The van der Waals surface area contributed by atoms with E-state index in [0.29, 0.717) is 23.7 Å². The Hall–Kier alpha value is -1.13. The molecule has 0 unspecified atom stereocenters. The lowest BCUT2D eigenvalue weighted by molar-refractivity contribution is -0.129. The number of nitrogens with zero attached hydrogens (tertiary/aromatic N) is 1. The Kier molecular flexibility index (Phi) is 3.64. The molecule has 1 amide bonds. The van der Waals surface area contributed by atoms with E-state index in [2.05, 4.69) is 0 Å². The number of amides is 1.